The number of halogens is 1. The third-order valence-electron chi connectivity index (χ3n) is 6.00. The molecule has 0 amide bonds. The quantitative estimate of drug-likeness (QED) is 0.343. The normalized spacial score (nSPS) is 18.3. The summed E-state index contributed by atoms with van der Waals surface area (Å²) in [7, 11) is 3.26. The molecule has 0 bridgehead atoms. The van der Waals surface area contributed by atoms with Crippen LogP contribution in [0.3, 0.4) is 0 Å². The average molecular weight is 521 g/mol. The maximum atomic E-state index is 6.48. The summed E-state index contributed by atoms with van der Waals surface area (Å²) in [4.78, 5) is 0. The lowest BCUT2D eigenvalue weighted by Gasteiger charge is -2.38. The molecule has 2 aliphatic heterocycles. The number of fused-ring (bicyclic) bond motifs is 3. The third kappa shape index (κ3) is 4.12. The molecule has 3 aromatic rings. The molecule has 174 valence electrons. The Morgan fingerprint density at radius 1 is 1.06 bits per heavy atom. The number of hydrogen-bond acceptors (Lipinski definition) is 6. The predicted octanol–water partition coefficient (Wildman–Crippen LogP) is 6.27. The van der Waals surface area contributed by atoms with Gasteiger partial charge in [0.15, 0.2) is 11.5 Å². The standard InChI is InChI=1S/C27H25BrN2O4/c1-4-13-33-20-9-5-17(6-10-20)22-16-23-21-15-19(28)8-12-24(21)34-27(30(23)29-22)18-7-11-25(31-2)26(14-18)32-3/h4-12,14-15,23,27H,1,13,16H2,2-3H3/t23-,27-/m0/s1. The van der Waals surface area contributed by atoms with Crippen molar-refractivity contribution in [1.29, 1.82) is 0 Å². The predicted molar refractivity (Wildman–Crippen MR) is 135 cm³/mol. The molecule has 0 spiro atoms. The summed E-state index contributed by atoms with van der Waals surface area (Å²) in [5.74, 6) is 2.99. The number of benzene rings is 3. The molecule has 3 aromatic carbocycles. The van der Waals surface area contributed by atoms with Crippen LogP contribution in [0.5, 0.6) is 23.0 Å². The van der Waals surface area contributed by atoms with Gasteiger partial charge in [-0.1, -0.05) is 28.6 Å². The van der Waals surface area contributed by atoms with E-state index in [0.29, 0.717) is 18.1 Å². The maximum Gasteiger partial charge on any atom is 0.214 e. The van der Waals surface area contributed by atoms with Crippen molar-refractivity contribution in [3.8, 4) is 23.0 Å². The van der Waals surface area contributed by atoms with E-state index in [1.165, 1.54) is 0 Å². The lowest BCUT2D eigenvalue weighted by Crippen LogP contribution is -2.33. The third-order valence-corrected chi connectivity index (χ3v) is 6.49. The van der Waals surface area contributed by atoms with Gasteiger partial charge in [0.2, 0.25) is 6.23 Å². The van der Waals surface area contributed by atoms with Crippen molar-refractivity contribution < 1.29 is 18.9 Å². The zero-order valence-corrected chi connectivity index (χ0v) is 20.6. The van der Waals surface area contributed by atoms with Gasteiger partial charge in [0.1, 0.15) is 18.1 Å². The van der Waals surface area contributed by atoms with Crippen LogP contribution in [0, 0.1) is 0 Å². The van der Waals surface area contributed by atoms with E-state index in [9.17, 15) is 0 Å². The SMILES string of the molecule is C=CCOc1ccc(C2=NN3[C@@H](C2)c2cc(Br)ccc2O[C@H]3c2ccc(OC)c(OC)c2)cc1. The van der Waals surface area contributed by atoms with Gasteiger partial charge < -0.3 is 18.9 Å². The van der Waals surface area contributed by atoms with Gasteiger partial charge in [-0.15, -0.1) is 0 Å². The first kappa shape index (κ1) is 22.3. The highest BCUT2D eigenvalue weighted by atomic mass is 79.9. The van der Waals surface area contributed by atoms with Gasteiger partial charge in [-0.25, -0.2) is 5.01 Å². The van der Waals surface area contributed by atoms with E-state index in [1.807, 2.05) is 59.6 Å². The van der Waals surface area contributed by atoms with Crippen LogP contribution < -0.4 is 18.9 Å². The van der Waals surface area contributed by atoms with Crippen molar-refractivity contribution >= 4 is 21.6 Å². The lowest BCUT2D eigenvalue weighted by atomic mass is 9.96. The topological polar surface area (TPSA) is 52.5 Å². The molecule has 0 saturated heterocycles. The molecular formula is C27H25BrN2O4. The van der Waals surface area contributed by atoms with E-state index in [2.05, 4.69) is 28.6 Å². The number of hydrogen-bond donors (Lipinski definition) is 0. The summed E-state index contributed by atoms with van der Waals surface area (Å²) in [5, 5.41) is 7.09. The lowest BCUT2D eigenvalue weighted by molar-refractivity contribution is -0.0192. The smallest absolute Gasteiger partial charge is 0.214 e. The van der Waals surface area contributed by atoms with Crippen molar-refractivity contribution in [2.24, 2.45) is 5.10 Å². The molecule has 0 radical (unpaired) electrons. The molecule has 0 unspecified atom stereocenters. The molecule has 6 nitrogen and oxygen atoms in total. The Kier molecular flexibility index (Phi) is 6.20. The van der Waals surface area contributed by atoms with Gasteiger partial charge in [0.25, 0.3) is 0 Å². The summed E-state index contributed by atoms with van der Waals surface area (Å²) >= 11 is 3.61. The minimum absolute atomic E-state index is 0.0473. The monoisotopic (exact) mass is 520 g/mol. The molecule has 0 fully saturated rings. The second-order valence-corrected chi connectivity index (χ2v) is 8.95. The fourth-order valence-electron chi connectivity index (χ4n) is 4.36. The Bertz CT molecular complexity index is 1240. The van der Waals surface area contributed by atoms with E-state index < -0.39 is 6.23 Å². The second-order valence-electron chi connectivity index (χ2n) is 8.04. The average Bonchev–Trinajstić information content (AvgIpc) is 3.33. The minimum Gasteiger partial charge on any atom is -0.493 e. The first-order valence-corrected chi connectivity index (χ1v) is 11.8. The summed E-state index contributed by atoms with van der Waals surface area (Å²) < 4.78 is 24.1. The highest BCUT2D eigenvalue weighted by Gasteiger charge is 2.41. The molecule has 5 rings (SSSR count). The highest BCUT2D eigenvalue weighted by Crippen LogP contribution is 2.49. The van der Waals surface area contributed by atoms with Crippen molar-refractivity contribution in [2.75, 3.05) is 20.8 Å². The minimum atomic E-state index is -0.397. The van der Waals surface area contributed by atoms with Crippen molar-refractivity contribution in [2.45, 2.75) is 18.7 Å². The van der Waals surface area contributed by atoms with Crippen LogP contribution in [-0.2, 0) is 0 Å². The Morgan fingerprint density at radius 2 is 1.85 bits per heavy atom. The van der Waals surface area contributed by atoms with Crippen molar-refractivity contribution in [3.63, 3.8) is 0 Å². The fraction of sp³-hybridized carbons (Fsp3) is 0.222. The Hall–Kier alpha value is -3.45. The fourth-order valence-corrected chi connectivity index (χ4v) is 4.74. The Morgan fingerprint density at radius 3 is 2.59 bits per heavy atom. The molecule has 0 saturated carbocycles. The number of nitrogens with zero attached hydrogens (tertiary/aromatic N) is 2. The van der Waals surface area contributed by atoms with Crippen molar-refractivity contribution in [1.82, 2.24) is 5.01 Å². The van der Waals surface area contributed by atoms with Crippen LogP contribution in [0.1, 0.15) is 35.4 Å². The number of methoxy groups -OCH3 is 2. The largest absolute Gasteiger partial charge is 0.493 e. The van der Waals surface area contributed by atoms with Gasteiger partial charge in [-0.05, 0) is 66.2 Å². The Balaban J connectivity index is 1.53. The molecule has 2 atom stereocenters. The summed E-state index contributed by atoms with van der Waals surface area (Å²) in [6.07, 6.45) is 2.10. The molecule has 2 aliphatic rings. The first-order valence-electron chi connectivity index (χ1n) is 11.0. The van der Waals surface area contributed by atoms with Crippen LogP contribution >= 0.6 is 15.9 Å². The summed E-state index contributed by atoms with van der Waals surface area (Å²) in [5.41, 5.74) is 4.11. The zero-order valence-electron chi connectivity index (χ0n) is 19.0. The van der Waals surface area contributed by atoms with Gasteiger partial charge in [-0.3, -0.25) is 0 Å². The van der Waals surface area contributed by atoms with Gasteiger partial charge >= 0.3 is 0 Å². The van der Waals surface area contributed by atoms with Gasteiger partial charge in [-0.2, -0.15) is 5.10 Å². The van der Waals surface area contributed by atoms with Gasteiger partial charge in [0.05, 0.1) is 26.0 Å². The van der Waals surface area contributed by atoms with Crippen molar-refractivity contribution in [3.05, 3.63) is 94.5 Å². The van der Waals surface area contributed by atoms with E-state index >= 15 is 0 Å². The van der Waals surface area contributed by atoms with Crippen LogP contribution in [-0.4, -0.2) is 31.5 Å². The summed E-state index contributed by atoms with van der Waals surface area (Å²) in [6.45, 7) is 4.17. The maximum absolute atomic E-state index is 6.48. The molecular weight excluding hydrogens is 496 g/mol. The molecule has 7 heteroatoms. The molecule has 0 N–H and O–H groups in total. The zero-order chi connectivity index (χ0) is 23.7. The first-order chi connectivity index (χ1) is 16.6. The van der Waals surface area contributed by atoms with Crippen LogP contribution in [0.15, 0.2) is 82.9 Å². The highest BCUT2D eigenvalue weighted by molar-refractivity contribution is 9.10. The summed E-state index contributed by atoms with van der Waals surface area (Å²) in [6, 6.07) is 20.0. The second kappa shape index (κ2) is 9.43. The van der Waals surface area contributed by atoms with E-state index in [4.69, 9.17) is 24.0 Å². The van der Waals surface area contributed by atoms with Gasteiger partial charge in [0, 0.05) is 22.0 Å². The van der Waals surface area contributed by atoms with Crippen LogP contribution in [0.25, 0.3) is 0 Å². The molecule has 34 heavy (non-hydrogen) atoms. The number of ether oxygens (including phenoxy) is 4. The van der Waals surface area contributed by atoms with E-state index in [1.54, 1.807) is 20.3 Å². The van der Waals surface area contributed by atoms with Crippen LogP contribution in [0.4, 0.5) is 0 Å². The number of hydrazone groups is 1. The van der Waals surface area contributed by atoms with E-state index in [-0.39, 0.29) is 6.04 Å². The molecule has 0 aromatic heterocycles. The van der Waals surface area contributed by atoms with Crippen LogP contribution in [0.2, 0.25) is 0 Å². The molecule has 2 heterocycles. The molecule has 0 aliphatic carbocycles. The van der Waals surface area contributed by atoms with E-state index in [0.717, 1.165) is 44.8 Å². The number of rotatable bonds is 7. The Labute approximate surface area is 207 Å².